The molecule has 0 bridgehead atoms. The van der Waals surface area contributed by atoms with E-state index in [2.05, 4.69) is 9.71 Å². The molecule has 39 heavy (non-hydrogen) atoms. The number of rotatable bonds is 7. The van der Waals surface area contributed by atoms with Crippen LogP contribution in [0, 0.1) is 11.3 Å². The van der Waals surface area contributed by atoms with Crippen molar-refractivity contribution in [2.24, 2.45) is 0 Å². The summed E-state index contributed by atoms with van der Waals surface area (Å²) in [4.78, 5) is 31.3. The Kier molecular flexibility index (Phi) is 6.98. The van der Waals surface area contributed by atoms with Crippen molar-refractivity contribution in [3.63, 3.8) is 0 Å². The van der Waals surface area contributed by atoms with Crippen molar-refractivity contribution in [2.45, 2.75) is 18.4 Å². The van der Waals surface area contributed by atoms with E-state index in [1.54, 1.807) is 60.8 Å². The number of hydrogen-bond donors (Lipinski definition) is 1. The van der Waals surface area contributed by atoms with Gasteiger partial charge in [0.15, 0.2) is 5.13 Å². The topological polar surface area (TPSA) is 133 Å². The molecule has 1 N–H and O–H groups in total. The monoisotopic (exact) mass is 556 g/mol. The molecule has 1 aliphatic heterocycles. The molecular weight excluding hydrogens is 536 g/mol. The second kappa shape index (κ2) is 10.5. The Morgan fingerprint density at radius 3 is 2.46 bits per heavy atom. The maximum atomic E-state index is 13.3. The lowest BCUT2D eigenvalue weighted by molar-refractivity contribution is -0.141. The third kappa shape index (κ3) is 5.29. The smallest absolute Gasteiger partial charge is 0.271 e. The normalized spacial score (nSPS) is 15.1. The second-order valence-corrected chi connectivity index (χ2v) is 11.1. The molecule has 11 heteroatoms. The summed E-state index contributed by atoms with van der Waals surface area (Å²) < 4.78 is 33.5. The van der Waals surface area contributed by atoms with Crippen molar-refractivity contribution in [3.05, 3.63) is 106 Å². The molecule has 3 heterocycles. The third-order valence-corrected chi connectivity index (χ3v) is 8.20. The molecule has 4 aromatic rings. The van der Waals surface area contributed by atoms with E-state index in [1.807, 2.05) is 12.1 Å². The number of hydrogen-bond acceptors (Lipinski definition) is 8. The fraction of sp³-hybridized carbons (Fsp3) is 0.0714. The van der Waals surface area contributed by atoms with Crippen LogP contribution in [0.15, 0.2) is 104 Å². The Morgan fingerprint density at radius 1 is 1.05 bits per heavy atom. The number of amides is 2. The van der Waals surface area contributed by atoms with Crippen LogP contribution in [0.25, 0.3) is 17.4 Å². The summed E-state index contributed by atoms with van der Waals surface area (Å²) in [5.41, 5.74) is 1.72. The summed E-state index contributed by atoms with van der Waals surface area (Å²) in [6, 6.07) is 20.4. The van der Waals surface area contributed by atoms with E-state index in [9.17, 15) is 23.3 Å². The lowest BCUT2D eigenvalue weighted by atomic mass is 9.94. The lowest BCUT2D eigenvalue weighted by Crippen LogP contribution is -2.42. The van der Waals surface area contributed by atoms with E-state index in [-0.39, 0.29) is 33.3 Å². The Morgan fingerprint density at radius 2 is 1.79 bits per heavy atom. The van der Waals surface area contributed by atoms with Crippen molar-refractivity contribution in [2.75, 3.05) is 4.72 Å². The molecule has 194 valence electrons. The second-order valence-electron chi connectivity index (χ2n) is 8.52. The molecule has 5 rings (SSSR count). The highest BCUT2D eigenvalue weighted by Gasteiger charge is 2.35. The quantitative estimate of drug-likeness (QED) is 0.250. The number of nitrogens with zero attached hydrogens (tertiary/aromatic N) is 3. The molecule has 9 nitrogen and oxygen atoms in total. The summed E-state index contributed by atoms with van der Waals surface area (Å²) in [5.74, 6) is -0.386. The van der Waals surface area contributed by atoms with Crippen LogP contribution in [0.2, 0.25) is 0 Å². The van der Waals surface area contributed by atoms with E-state index in [1.165, 1.54) is 35.7 Å². The molecule has 2 aromatic heterocycles. The summed E-state index contributed by atoms with van der Waals surface area (Å²) in [6.45, 7) is 1.59. The van der Waals surface area contributed by atoms with Gasteiger partial charge in [-0.2, -0.15) is 5.26 Å². The van der Waals surface area contributed by atoms with Crippen LogP contribution in [-0.2, 0) is 26.2 Å². The highest BCUT2D eigenvalue weighted by atomic mass is 32.2. The predicted molar refractivity (Wildman–Crippen MR) is 145 cm³/mol. The minimum Gasteiger partial charge on any atom is -0.457 e. The molecule has 0 spiro atoms. The van der Waals surface area contributed by atoms with Crippen LogP contribution in [-0.4, -0.2) is 30.1 Å². The highest BCUT2D eigenvalue weighted by molar-refractivity contribution is 7.93. The van der Waals surface area contributed by atoms with Crippen LogP contribution in [0.1, 0.15) is 18.2 Å². The van der Waals surface area contributed by atoms with Gasteiger partial charge < -0.3 is 4.42 Å². The molecule has 0 aliphatic carbocycles. The van der Waals surface area contributed by atoms with E-state index < -0.39 is 21.8 Å². The first-order chi connectivity index (χ1) is 18.8. The Balaban J connectivity index is 1.41. The van der Waals surface area contributed by atoms with Crippen molar-refractivity contribution < 1.29 is 22.4 Å². The average Bonchev–Trinajstić information content (AvgIpc) is 3.62. The molecule has 1 aliphatic rings. The number of nitriles is 1. The van der Waals surface area contributed by atoms with E-state index in [4.69, 9.17) is 4.42 Å². The minimum atomic E-state index is -3.79. The van der Waals surface area contributed by atoms with Gasteiger partial charge in [-0.1, -0.05) is 30.3 Å². The number of sulfonamides is 1. The molecule has 0 fully saturated rings. The van der Waals surface area contributed by atoms with Crippen molar-refractivity contribution >= 4 is 44.4 Å². The fourth-order valence-electron chi connectivity index (χ4n) is 4.01. The summed E-state index contributed by atoms with van der Waals surface area (Å²) in [6.07, 6.45) is 3.01. The van der Waals surface area contributed by atoms with Crippen molar-refractivity contribution in [1.82, 2.24) is 9.88 Å². The molecule has 2 aromatic carbocycles. The summed E-state index contributed by atoms with van der Waals surface area (Å²) in [7, 11) is -3.79. The first-order valence-corrected chi connectivity index (χ1v) is 14.0. The number of furan rings is 1. The first-order valence-electron chi connectivity index (χ1n) is 11.6. The maximum absolute atomic E-state index is 13.3. The highest BCUT2D eigenvalue weighted by Crippen LogP contribution is 2.30. The molecule has 2 amide bonds. The Bertz CT molecular complexity index is 1760. The molecule has 0 saturated heterocycles. The zero-order valence-corrected chi connectivity index (χ0v) is 22.1. The van der Waals surface area contributed by atoms with Crippen LogP contribution in [0.3, 0.4) is 0 Å². The fourth-order valence-corrected chi connectivity index (χ4v) is 5.80. The molecule has 0 atom stereocenters. The largest absolute Gasteiger partial charge is 0.457 e. The average molecular weight is 557 g/mol. The van der Waals surface area contributed by atoms with Gasteiger partial charge in [-0.25, -0.2) is 13.4 Å². The number of anilines is 1. The Hall–Kier alpha value is -4.79. The van der Waals surface area contributed by atoms with Gasteiger partial charge >= 0.3 is 0 Å². The van der Waals surface area contributed by atoms with Crippen molar-refractivity contribution in [1.29, 1.82) is 5.26 Å². The van der Waals surface area contributed by atoms with Crippen LogP contribution in [0.4, 0.5) is 5.13 Å². The predicted octanol–water partition coefficient (Wildman–Crippen LogP) is 5.00. The zero-order chi connectivity index (χ0) is 27.6. The molecular formula is C28H20N4O5S2. The molecule has 0 saturated carbocycles. The van der Waals surface area contributed by atoms with Gasteiger partial charge in [0.2, 0.25) is 0 Å². The van der Waals surface area contributed by atoms with Gasteiger partial charge in [-0.05, 0) is 60.5 Å². The standard InChI is InChI=1S/C28H20N4O5S2/c1-18-23(26(33)32(27(34)24(18)16-29)17-19-5-3-2-4-6-19)15-21-9-12-25(37-21)20-7-10-22(11-8-20)39(35,36)31-28-30-13-14-38-28/h2-15H,17H2,1H3,(H,30,31)/b23-15+. The number of carbonyl (C=O) groups is 2. The van der Waals surface area contributed by atoms with E-state index in [0.29, 0.717) is 17.1 Å². The van der Waals surface area contributed by atoms with E-state index in [0.717, 1.165) is 10.5 Å². The van der Waals surface area contributed by atoms with Gasteiger partial charge in [0.25, 0.3) is 21.8 Å². The van der Waals surface area contributed by atoms with Gasteiger partial charge in [-0.15, -0.1) is 11.3 Å². The number of aromatic nitrogens is 1. The maximum Gasteiger partial charge on any atom is 0.271 e. The number of benzene rings is 2. The van der Waals surface area contributed by atoms with Crippen LogP contribution in [0.5, 0.6) is 0 Å². The summed E-state index contributed by atoms with van der Waals surface area (Å²) >= 11 is 1.18. The SMILES string of the molecule is CC1=C(C#N)C(=O)N(Cc2ccccc2)C(=O)/C1=C/c1ccc(-c2ccc(S(=O)(=O)Nc3nccs3)cc2)o1. The van der Waals surface area contributed by atoms with Gasteiger partial charge in [0.1, 0.15) is 23.2 Å². The van der Waals surface area contributed by atoms with Gasteiger partial charge in [-0.3, -0.25) is 19.2 Å². The van der Waals surface area contributed by atoms with Crippen LogP contribution >= 0.6 is 11.3 Å². The lowest BCUT2D eigenvalue weighted by Gasteiger charge is -2.27. The minimum absolute atomic E-state index is 0.0321. The van der Waals surface area contributed by atoms with E-state index >= 15 is 0 Å². The zero-order valence-electron chi connectivity index (χ0n) is 20.5. The first kappa shape index (κ1) is 25.8. The van der Waals surface area contributed by atoms with Crippen LogP contribution < -0.4 is 4.72 Å². The van der Waals surface area contributed by atoms with Crippen molar-refractivity contribution in [3.8, 4) is 17.4 Å². The summed E-state index contributed by atoms with van der Waals surface area (Å²) in [5, 5.41) is 11.6. The number of carbonyl (C=O) groups excluding carboxylic acids is 2. The number of nitrogens with one attached hydrogen (secondary N) is 1. The molecule has 0 unspecified atom stereocenters. The molecule has 0 radical (unpaired) electrons. The third-order valence-electron chi connectivity index (χ3n) is 6.03. The van der Waals surface area contributed by atoms with Gasteiger partial charge in [0.05, 0.1) is 11.4 Å². The Labute approximate surface area is 228 Å². The number of imide groups is 1. The van der Waals surface area contributed by atoms with Gasteiger partial charge in [0, 0.05) is 22.7 Å². The number of thiazole rings is 1.